The second-order valence-electron chi connectivity index (χ2n) is 8.01. The number of hydrogen-bond donors (Lipinski definition) is 1. The molecule has 0 aliphatic carbocycles. The summed E-state index contributed by atoms with van der Waals surface area (Å²) < 4.78 is 22.0. The molecule has 1 aliphatic rings. The summed E-state index contributed by atoms with van der Waals surface area (Å²) in [7, 11) is 5.00. The van der Waals surface area contributed by atoms with Gasteiger partial charge in [0.1, 0.15) is 11.5 Å². The van der Waals surface area contributed by atoms with Crippen LogP contribution in [0, 0.1) is 0 Å². The van der Waals surface area contributed by atoms with Crippen LogP contribution in [0.2, 0.25) is 0 Å². The largest absolute Gasteiger partial charge is 0.497 e. The van der Waals surface area contributed by atoms with Crippen molar-refractivity contribution in [2.45, 2.75) is 32.5 Å². The fraction of sp³-hybridized carbons (Fsp3) is 0.520. The molecule has 0 bridgehead atoms. The first-order chi connectivity index (χ1) is 15.6. The van der Waals surface area contributed by atoms with E-state index in [-0.39, 0.29) is 12.6 Å². The van der Waals surface area contributed by atoms with Crippen LogP contribution in [0.3, 0.4) is 0 Å². The van der Waals surface area contributed by atoms with E-state index >= 15 is 0 Å². The second kappa shape index (κ2) is 11.9. The van der Waals surface area contributed by atoms with E-state index in [9.17, 15) is 5.11 Å². The van der Waals surface area contributed by atoms with Crippen molar-refractivity contribution in [3.05, 3.63) is 47.5 Å². The number of aliphatic hydroxyl groups is 1. The van der Waals surface area contributed by atoms with E-state index in [0.717, 1.165) is 67.7 Å². The molecule has 0 radical (unpaired) electrons. The molecule has 1 fully saturated rings. The highest BCUT2D eigenvalue weighted by molar-refractivity contribution is 5.43. The van der Waals surface area contributed by atoms with Crippen molar-refractivity contribution in [2.75, 3.05) is 54.2 Å². The first-order valence-electron chi connectivity index (χ1n) is 11.2. The minimum absolute atomic E-state index is 0.174. The Morgan fingerprint density at radius 2 is 1.62 bits per heavy atom. The highest BCUT2D eigenvalue weighted by atomic mass is 16.5. The lowest BCUT2D eigenvalue weighted by atomic mass is 10.1. The number of benzene rings is 2. The van der Waals surface area contributed by atoms with Gasteiger partial charge >= 0.3 is 0 Å². The number of methoxy groups -OCH3 is 3. The first-order valence-corrected chi connectivity index (χ1v) is 11.2. The molecular formula is C25H36N2O5. The number of ether oxygens (including phenoxy) is 4. The predicted molar refractivity (Wildman–Crippen MR) is 125 cm³/mol. The van der Waals surface area contributed by atoms with E-state index in [1.54, 1.807) is 21.3 Å². The zero-order chi connectivity index (χ0) is 22.9. The molecule has 0 unspecified atom stereocenters. The van der Waals surface area contributed by atoms with Gasteiger partial charge < -0.3 is 24.1 Å². The van der Waals surface area contributed by atoms with Crippen LogP contribution in [0.4, 0.5) is 0 Å². The molecule has 7 heteroatoms. The van der Waals surface area contributed by atoms with Crippen molar-refractivity contribution in [1.82, 2.24) is 9.80 Å². The van der Waals surface area contributed by atoms with Crippen molar-refractivity contribution in [3.63, 3.8) is 0 Å². The van der Waals surface area contributed by atoms with Gasteiger partial charge in [0.05, 0.1) is 27.9 Å². The quantitative estimate of drug-likeness (QED) is 0.571. The molecule has 1 N–H and O–H groups in total. The lowest BCUT2D eigenvalue weighted by Gasteiger charge is -2.41. The molecule has 1 atom stereocenters. The summed E-state index contributed by atoms with van der Waals surface area (Å²) >= 11 is 0. The monoisotopic (exact) mass is 444 g/mol. The van der Waals surface area contributed by atoms with E-state index in [1.165, 1.54) is 5.56 Å². The maximum absolute atomic E-state index is 9.68. The van der Waals surface area contributed by atoms with Crippen molar-refractivity contribution in [1.29, 1.82) is 0 Å². The third-order valence-electron chi connectivity index (χ3n) is 5.88. The Morgan fingerprint density at radius 3 is 2.25 bits per heavy atom. The van der Waals surface area contributed by atoms with Crippen LogP contribution >= 0.6 is 0 Å². The van der Waals surface area contributed by atoms with Crippen LogP contribution in [-0.4, -0.2) is 75.1 Å². The van der Waals surface area contributed by atoms with Gasteiger partial charge in [-0.05, 0) is 48.7 Å². The fourth-order valence-corrected chi connectivity index (χ4v) is 4.27. The van der Waals surface area contributed by atoms with E-state index < -0.39 is 0 Å². The Hall–Kier alpha value is -2.48. The molecule has 1 saturated heterocycles. The molecule has 2 aromatic carbocycles. The summed E-state index contributed by atoms with van der Waals surface area (Å²) in [5.74, 6) is 3.12. The Labute approximate surface area is 191 Å². The van der Waals surface area contributed by atoms with Gasteiger partial charge in [-0.15, -0.1) is 0 Å². The second-order valence-corrected chi connectivity index (χ2v) is 8.01. The highest BCUT2D eigenvalue weighted by Gasteiger charge is 2.27. The maximum Gasteiger partial charge on any atom is 0.161 e. The van der Waals surface area contributed by atoms with Crippen LogP contribution < -0.4 is 18.9 Å². The van der Waals surface area contributed by atoms with Gasteiger partial charge in [0.25, 0.3) is 0 Å². The summed E-state index contributed by atoms with van der Waals surface area (Å²) in [6.07, 6.45) is 0.740. The molecule has 1 aliphatic heterocycles. The predicted octanol–water partition coefficient (Wildman–Crippen LogP) is 3.18. The van der Waals surface area contributed by atoms with Crippen molar-refractivity contribution < 1.29 is 24.1 Å². The average Bonchev–Trinajstić information content (AvgIpc) is 2.81. The summed E-state index contributed by atoms with van der Waals surface area (Å²) in [6, 6.07) is 12.4. The fourth-order valence-electron chi connectivity index (χ4n) is 4.27. The highest BCUT2D eigenvalue weighted by Crippen LogP contribution is 2.29. The van der Waals surface area contributed by atoms with Gasteiger partial charge in [0.15, 0.2) is 11.5 Å². The van der Waals surface area contributed by atoms with Crippen LogP contribution in [0.15, 0.2) is 36.4 Å². The molecule has 7 nitrogen and oxygen atoms in total. The Kier molecular flexibility index (Phi) is 9.02. The normalized spacial score (nSPS) is 17.2. The maximum atomic E-state index is 9.68. The number of hydrogen-bond acceptors (Lipinski definition) is 7. The van der Waals surface area contributed by atoms with Crippen molar-refractivity contribution >= 4 is 0 Å². The zero-order valence-electron chi connectivity index (χ0n) is 19.7. The Morgan fingerprint density at radius 1 is 0.875 bits per heavy atom. The van der Waals surface area contributed by atoms with Gasteiger partial charge in [-0.2, -0.15) is 0 Å². The van der Waals surface area contributed by atoms with Gasteiger partial charge in [-0.1, -0.05) is 6.07 Å². The molecule has 1 heterocycles. The Bertz CT molecular complexity index is 838. The summed E-state index contributed by atoms with van der Waals surface area (Å²) in [5, 5.41) is 9.68. The van der Waals surface area contributed by atoms with Crippen LogP contribution in [-0.2, 0) is 13.1 Å². The standard InChI is InChI=1S/C25H36N2O5/c1-5-32-25-14-19(6-7-24(25)31-4)16-26-9-10-27(21(18-26)8-11-28)17-20-12-22(29-2)15-23(13-20)30-3/h6-7,12-15,21,28H,5,8-11,16-18H2,1-4H3/t21-/m0/s1. The van der Waals surface area contributed by atoms with Gasteiger partial charge in [0, 0.05) is 51.4 Å². The van der Waals surface area contributed by atoms with Crippen molar-refractivity contribution in [3.8, 4) is 23.0 Å². The van der Waals surface area contributed by atoms with Crippen LogP contribution in [0.5, 0.6) is 23.0 Å². The van der Waals surface area contributed by atoms with E-state index in [1.807, 2.05) is 19.1 Å². The molecule has 0 spiro atoms. The summed E-state index contributed by atoms with van der Waals surface area (Å²) in [6.45, 7) is 7.17. The van der Waals surface area contributed by atoms with E-state index in [2.05, 4.69) is 34.1 Å². The molecule has 3 rings (SSSR count). The molecule has 0 aromatic heterocycles. The number of rotatable bonds is 11. The topological polar surface area (TPSA) is 63.6 Å². The third kappa shape index (κ3) is 6.28. The lowest BCUT2D eigenvalue weighted by Crippen LogP contribution is -2.52. The average molecular weight is 445 g/mol. The smallest absolute Gasteiger partial charge is 0.161 e. The van der Waals surface area contributed by atoms with E-state index in [0.29, 0.717) is 6.61 Å². The molecule has 32 heavy (non-hydrogen) atoms. The summed E-state index contributed by atoms with van der Waals surface area (Å²) in [5.41, 5.74) is 2.34. The number of nitrogens with zero attached hydrogens (tertiary/aromatic N) is 2. The van der Waals surface area contributed by atoms with Crippen LogP contribution in [0.1, 0.15) is 24.5 Å². The summed E-state index contributed by atoms with van der Waals surface area (Å²) in [4.78, 5) is 4.89. The minimum atomic E-state index is 0.174. The van der Waals surface area contributed by atoms with Gasteiger partial charge in [-0.25, -0.2) is 0 Å². The van der Waals surface area contributed by atoms with E-state index in [4.69, 9.17) is 18.9 Å². The molecule has 0 saturated carbocycles. The molecule has 0 amide bonds. The van der Waals surface area contributed by atoms with Gasteiger partial charge in [-0.3, -0.25) is 9.80 Å². The SMILES string of the molecule is CCOc1cc(CN2CCN(Cc3cc(OC)cc(OC)c3)[C@@H](CCO)C2)ccc1OC. The molecular weight excluding hydrogens is 408 g/mol. The Balaban J connectivity index is 1.68. The first kappa shape index (κ1) is 24.2. The zero-order valence-corrected chi connectivity index (χ0v) is 19.7. The molecule has 176 valence electrons. The lowest BCUT2D eigenvalue weighted by molar-refractivity contribution is 0.0498. The van der Waals surface area contributed by atoms with Crippen molar-refractivity contribution in [2.24, 2.45) is 0 Å². The third-order valence-corrected chi connectivity index (χ3v) is 5.88. The van der Waals surface area contributed by atoms with Gasteiger partial charge in [0.2, 0.25) is 0 Å². The number of piperazine rings is 1. The minimum Gasteiger partial charge on any atom is -0.497 e. The van der Waals surface area contributed by atoms with Crippen LogP contribution in [0.25, 0.3) is 0 Å². The number of aliphatic hydroxyl groups excluding tert-OH is 1. The molecule has 2 aromatic rings.